The first-order valence-corrected chi connectivity index (χ1v) is 11.4. The van der Waals surface area contributed by atoms with Gasteiger partial charge in [0.15, 0.2) is 5.78 Å². The number of carboxylic acid groups (broad SMARTS) is 1. The van der Waals surface area contributed by atoms with Crippen molar-refractivity contribution in [3.8, 4) is 0 Å². The third kappa shape index (κ3) is 6.00. The summed E-state index contributed by atoms with van der Waals surface area (Å²) in [5.41, 5.74) is 6.09. The number of nitrogens with one attached hydrogen (secondary N) is 1. The number of carboxylic acids is 1. The summed E-state index contributed by atoms with van der Waals surface area (Å²) in [5.74, 6) is -6.46. The van der Waals surface area contributed by atoms with Crippen molar-refractivity contribution in [1.82, 2.24) is 15.0 Å². The zero-order valence-corrected chi connectivity index (χ0v) is 18.2. The minimum absolute atomic E-state index is 0.0184. The van der Waals surface area contributed by atoms with Crippen LogP contribution in [0.25, 0.3) is 0 Å². The number of carbonyl (C=O) groups is 5. The number of nitrogens with zero attached hydrogens (tertiary/aromatic N) is 2. The minimum Gasteiger partial charge on any atom is -0.481 e. The lowest BCUT2D eigenvalue weighted by Gasteiger charge is -2.24. The Morgan fingerprint density at radius 3 is 2.39 bits per heavy atom. The van der Waals surface area contributed by atoms with Crippen LogP contribution < -0.4 is 5.73 Å². The fraction of sp³-hybridized carbons (Fsp3) is 0.556. The van der Waals surface area contributed by atoms with E-state index in [-0.39, 0.29) is 30.7 Å². The number of nitrogens with two attached hydrogens (primary N) is 1. The van der Waals surface area contributed by atoms with E-state index < -0.39 is 56.9 Å². The molecule has 1 fully saturated rings. The molecule has 1 aromatic heterocycles. The predicted molar refractivity (Wildman–Crippen MR) is 107 cm³/mol. The number of hydrogen-bond acceptors (Lipinski definition) is 10. The molecule has 1 aliphatic heterocycles. The van der Waals surface area contributed by atoms with Crippen molar-refractivity contribution in [3.63, 3.8) is 0 Å². The lowest BCUT2D eigenvalue weighted by Crippen LogP contribution is -2.58. The zero-order valence-electron chi connectivity index (χ0n) is 17.4. The molecular weight excluding hydrogens is 464 g/mol. The van der Waals surface area contributed by atoms with Crippen molar-refractivity contribution in [3.05, 3.63) is 18.2 Å². The number of aliphatic carboxylic acids is 1. The number of amides is 2. The summed E-state index contributed by atoms with van der Waals surface area (Å²) in [7, 11) is -5.48. The molecule has 5 N–H and O–H groups in total. The Hall–Kier alpha value is -3.17. The molecule has 1 aromatic rings. The van der Waals surface area contributed by atoms with Gasteiger partial charge in [0.25, 0.3) is 21.9 Å². The third-order valence-corrected chi connectivity index (χ3v) is 6.44. The number of rotatable bonds is 13. The van der Waals surface area contributed by atoms with Gasteiger partial charge in [0.2, 0.25) is 4.75 Å². The van der Waals surface area contributed by atoms with Crippen LogP contribution in [0.4, 0.5) is 0 Å². The number of unbranched alkanes of at least 4 members (excludes halogenated alkanes) is 3. The molecule has 1 saturated heterocycles. The van der Waals surface area contributed by atoms with Crippen LogP contribution in [0.1, 0.15) is 50.6 Å². The van der Waals surface area contributed by atoms with Gasteiger partial charge in [-0.1, -0.05) is 12.8 Å². The average Bonchev–Trinajstić information content (AvgIpc) is 3.31. The maximum Gasteiger partial charge on any atom is 0.333 e. The van der Waals surface area contributed by atoms with E-state index in [1.807, 2.05) is 0 Å². The van der Waals surface area contributed by atoms with Gasteiger partial charge in [-0.2, -0.15) is 8.42 Å². The smallest absolute Gasteiger partial charge is 0.333 e. The third-order valence-electron chi connectivity index (χ3n) is 5.04. The molecule has 2 rings (SSSR count). The Morgan fingerprint density at radius 2 is 1.85 bits per heavy atom. The molecule has 2 amide bonds. The van der Waals surface area contributed by atoms with E-state index in [0.717, 1.165) is 0 Å². The largest absolute Gasteiger partial charge is 0.481 e. The molecule has 1 unspecified atom stereocenters. The second-order valence-electron chi connectivity index (χ2n) is 7.50. The van der Waals surface area contributed by atoms with E-state index >= 15 is 0 Å². The number of aromatic nitrogens is 2. The Labute approximate surface area is 188 Å². The van der Waals surface area contributed by atoms with Crippen LogP contribution in [0.5, 0.6) is 0 Å². The quantitative estimate of drug-likeness (QED) is 0.115. The van der Waals surface area contributed by atoms with Crippen molar-refractivity contribution < 1.29 is 46.9 Å². The van der Waals surface area contributed by atoms with E-state index in [0.29, 0.717) is 25.0 Å². The number of ketones is 1. The van der Waals surface area contributed by atoms with E-state index in [9.17, 15) is 36.9 Å². The molecular formula is C18H24N4O10S. The predicted octanol–water partition coefficient (Wildman–Crippen LogP) is -0.882. The number of carbonyl (C=O) groups excluding carboxylic acids is 4. The SMILES string of the molecule is N[C@@H](Cc1cnc[nH]1)C(=O)C1(S(=O)(=O)O)CC(=O)N(OC(=O)CCCCCCC(=O)O)C1=O. The highest BCUT2D eigenvalue weighted by Crippen LogP contribution is 2.34. The Balaban J connectivity index is 2.07. The van der Waals surface area contributed by atoms with Gasteiger partial charge in [-0.05, 0) is 12.8 Å². The first-order chi connectivity index (χ1) is 15.4. The number of hydrogen-bond donors (Lipinski definition) is 4. The van der Waals surface area contributed by atoms with Gasteiger partial charge >= 0.3 is 11.9 Å². The summed E-state index contributed by atoms with van der Waals surface area (Å²) in [4.78, 5) is 71.4. The molecule has 33 heavy (non-hydrogen) atoms. The van der Waals surface area contributed by atoms with E-state index in [2.05, 4.69) is 14.8 Å². The number of hydroxylamine groups is 2. The highest BCUT2D eigenvalue weighted by molar-refractivity contribution is 7.89. The lowest BCUT2D eigenvalue weighted by atomic mass is 9.93. The Morgan fingerprint density at radius 1 is 1.21 bits per heavy atom. The summed E-state index contributed by atoms with van der Waals surface area (Å²) in [6.07, 6.45) is 2.44. The molecule has 182 valence electrons. The molecule has 0 aromatic carbocycles. The van der Waals surface area contributed by atoms with Crippen LogP contribution in [-0.2, 0) is 45.3 Å². The molecule has 0 spiro atoms. The number of imidazole rings is 1. The molecule has 14 nitrogen and oxygen atoms in total. The number of imide groups is 1. The van der Waals surface area contributed by atoms with Gasteiger partial charge in [-0.15, -0.1) is 5.06 Å². The van der Waals surface area contributed by atoms with Crippen LogP contribution >= 0.6 is 0 Å². The number of aromatic amines is 1. The van der Waals surface area contributed by atoms with Crippen molar-refractivity contribution in [1.29, 1.82) is 0 Å². The highest BCUT2D eigenvalue weighted by Gasteiger charge is 2.67. The first-order valence-electron chi connectivity index (χ1n) is 9.94. The second-order valence-corrected chi connectivity index (χ2v) is 9.14. The molecule has 0 bridgehead atoms. The zero-order chi connectivity index (χ0) is 24.8. The van der Waals surface area contributed by atoms with Gasteiger partial charge in [-0.25, -0.2) is 9.78 Å². The maximum absolute atomic E-state index is 12.9. The molecule has 2 heterocycles. The molecule has 2 atom stereocenters. The minimum atomic E-state index is -5.48. The molecule has 0 saturated carbocycles. The van der Waals surface area contributed by atoms with Crippen LogP contribution in [-0.4, -0.2) is 73.4 Å². The van der Waals surface area contributed by atoms with E-state index in [4.69, 9.17) is 10.8 Å². The fourth-order valence-corrected chi connectivity index (χ4v) is 4.34. The van der Waals surface area contributed by atoms with Crippen LogP contribution in [0.3, 0.4) is 0 Å². The fourth-order valence-electron chi connectivity index (χ4n) is 3.32. The summed E-state index contributed by atoms with van der Waals surface area (Å²) in [5, 5.41) is 8.43. The summed E-state index contributed by atoms with van der Waals surface area (Å²) in [6, 6.07) is -1.61. The van der Waals surface area contributed by atoms with Gasteiger partial charge in [0, 0.05) is 31.2 Å². The second kappa shape index (κ2) is 10.6. The van der Waals surface area contributed by atoms with Gasteiger partial charge < -0.3 is 20.7 Å². The van der Waals surface area contributed by atoms with Gasteiger partial charge in [0.1, 0.15) is 0 Å². The summed E-state index contributed by atoms with van der Waals surface area (Å²) < 4.78 is 30.7. The molecule has 1 aliphatic rings. The van der Waals surface area contributed by atoms with Crippen molar-refractivity contribution in [2.24, 2.45) is 5.73 Å². The highest BCUT2D eigenvalue weighted by atomic mass is 32.2. The van der Waals surface area contributed by atoms with Crippen LogP contribution in [0.15, 0.2) is 12.5 Å². The molecule has 0 radical (unpaired) electrons. The van der Waals surface area contributed by atoms with Gasteiger partial charge in [0.05, 0.1) is 18.8 Å². The van der Waals surface area contributed by atoms with Gasteiger partial charge in [-0.3, -0.25) is 23.7 Å². The van der Waals surface area contributed by atoms with Crippen molar-refractivity contribution in [2.75, 3.05) is 0 Å². The van der Waals surface area contributed by atoms with E-state index in [1.165, 1.54) is 12.5 Å². The first kappa shape index (κ1) is 26.1. The monoisotopic (exact) mass is 488 g/mol. The summed E-state index contributed by atoms with van der Waals surface area (Å²) in [6.45, 7) is 0. The van der Waals surface area contributed by atoms with Crippen LogP contribution in [0.2, 0.25) is 0 Å². The van der Waals surface area contributed by atoms with Crippen molar-refractivity contribution >= 4 is 39.7 Å². The van der Waals surface area contributed by atoms with Crippen LogP contribution in [0, 0.1) is 0 Å². The average molecular weight is 488 g/mol. The molecule has 15 heteroatoms. The lowest BCUT2D eigenvalue weighted by molar-refractivity contribution is -0.198. The number of Topliss-reactive ketones (excluding diaryl/α,β-unsaturated/α-hetero) is 1. The summed E-state index contributed by atoms with van der Waals surface area (Å²) >= 11 is 0. The number of H-pyrrole nitrogens is 1. The maximum atomic E-state index is 12.9. The normalized spacial score (nSPS) is 19.5. The standard InChI is InChI=1S/C18H24N4O10S/c19-12(7-11-9-20-10-21-11)16(27)18(33(29,30)31)8-13(23)22(17(18)28)32-15(26)6-4-2-1-3-5-14(24)25/h9-10,12H,1-8,19H2,(H,20,21)(H,24,25)(H,29,30,31)/t12-,18?/m0/s1. The van der Waals surface area contributed by atoms with E-state index in [1.54, 1.807) is 0 Å². The molecule has 0 aliphatic carbocycles. The Kier molecular flexibility index (Phi) is 8.40. The topological polar surface area (TPSA) is 227 Å². The Bertz CT molecular complexity index is 1020. The van der Waals surface area contributed by atoms with Crippen molar-refractivity contribution in [2.45, 2.75) is 62.2 Å².